The van der Waals surface area contributed by atoms with E-state index in [4.69, 9.17) is 10.7 Å². The molecule has 1 aromatic heterocycles. The monoisotopic (exact) mass is 259 g/mol. The minimum Gasteiger partial charge on any atom is -0.328 e. The van der Waals surface area contributed by atoms with E-state index in [0.29, 0.717) is 0 Å². The van der Waals surface area contributed by atoms with E-state index in [1.54, 1.807) is 0 Å². The number of nitrogens with zero attached hydrogens (tertiary/aromatic N) is 2. The van der Waals surface area contributed by atoms with Crippen LogP contribution in [-0.2, 0) is 13.0 Å². The molecule has 0 aliphatic carbocycles. The van der Waals surface area contributed by atoms with Gasteiger partial charge in [0.25, 0.3) is 0 Å². The maximum Gasteiger partial charge on any atom is 0.111 e. The van der Waals surface area contributed by atoms with Crippen molar-refractivity contribution in [3.63, 3.8) is 0 Å². The van der Waals surface area contributed by atoms with Gasteiger partial charge in [0.1, 0.15) is 5.82 Å². The molecule has 0 fully saturated rings. The largest absolute Gasteiger partial charge is 0.328 e. The lowest BCUT2D eigenvalue weighted by Gasteiger charge is -2.12. The molecule has 3 nitrogen and oxygen atoms in total. The van der Waals surface area contributed by atoms with Crippen molar-refractivity contribution in [3.8, 4) is 0 Å². The molecule has 2 aromatic rings. The molecule has 1 aromatic carbocycles. The topological polar surface area (TPSA) is 43.8 Å². The van der Waals surface area contributed by atoms with Gasteiger partial charge in [0, 0.05) is 19.0 Å². The van der Waals surface area contributed by atoms with E-state index >= 15 is 0 Å². The number of hydrogen-bond acceptors (Lipinski definition) is 2. The summed E-state index contributed by atoms with van der Waals surface area (Å²) in [5.41, 5.74) is 8.55. The Morgan fingerprint density at radius 1 is 1.21 bits per heavy atom. The van der Waals surface area contributed by atoms with Crippen molar-refractivity contribution < 1.29 is 0 Å². The molecular formula is C16H25N3. The zero-order valence-corrected chi connectivity index (χ0v) is 12.1. The Bertz CT molecular complexity index is 516. The Hall–Kier alpha value is -1.35. The van der Waals surface area contributed by atoms with Crippen LogP contribution in [0.3, 0.4) is 0 Å². The molecule has 3 heteroatoms. The molecule has 1 atom stereocenters. The molecule has 0 radical (unpaired) electrons. The van der Waals surface area contributed by atoms with E-state index in [0.717, 1.165) is 37.1 Å². The highest BCUT2D eigenvalue weighted by atomic mass is 15.1. The molecule has 0 bridgehead atoms. The summed E-state index contributed by atoms with van der Waals surface area (Å²) in [7, 11) is 0. The van der Waals surface area contributed by atoms with Crippen LogP contribution < -0.4 is 5.73 Å². The first kappa shape index (κ1) is 14.1. The molecule has 1 heterocycles. The van der Waals surface area contributed by atoms with Crippen molar-refractivity contribution in [1.29, 1.82) is 0 Å². The molecule has 0 saturated heterocycles. The quantitative estimate of drug-likeness (QED) is 0.827. The highest BCUT2D eigenvalue weighted by molar-refractivity contribution is 5.75. The van der Waals surface area contributed by atoms with Gasteiger partial charge >= 0.3 is 0 Å². The molecule has 0 amide bonds. The summed E-state index contributed by atoms with van der Waals surface area (Å²) < 4.78 is 2.33. The average Bonchev–Trinajstić information content (AvgIpc) is 2.75. The highest BCUT2D eigenvalue weighted by Crippen LogP contribution is 2.18. The van der Waals surface area contributed by atoms with Gasteiger partial charge < -0.3 is 10.3 Å². The second kappa shape index (κ2) is 6.71. The predicted octanol–water partition coefficient (Wildman–Crippen LogP) is 3.51. The van der Waals surface area contributed by atoms with E-state index in [2.05, 4.69) is 36.6 Å². The first-order valence-electron chi connectivity index (χ1n) is 7.46. The van der Waals surface area contributed by atoms with E-state index in [1.165, 1.54) is 18.4 Å². The van der Waals surface area contributed by atoms with Crippen LogP contribution in [-0.4, -0.2) is 15.6 Å². The number of rotatable bonds is 7. The standard InChI is InChI=1S/C16H25N3/c1-3-5-8-13(17)12-16-18-14-9-6-7-10-15(14)19(16)11-4-2/h6-7,9-10,13H,3-5,8,11-12,17H2,1-2H3. The normalized spacial score (nSPS) is 13.0. The number of aromatic nitrogens is 2. The Labute approximate surface area is 115 Å². The zero-order chi connectivity index (χ0) is 13.7. The van der Waals surface area contributed by atoms with Crippen LogP contribution >= 0.6 is 0 Å². The summed E-state index contributed by atoms with van der Waals surface area (Å²) in [6.45, 7) is 5.44. The fourth-order valence-electron chi connectivity index (χ4n) is 2.56. The van der Waals surface area contributed by atoms with Gasteiger partial charge in [0.2, 0.25) is 0 Å². The van der Waals surface area contributed by atoms with E-state index in [-0.39, 0.29) is 6.04 Å². The number of imidazole rings is 1. The lowest BCUT2D eigenvalue weighted by Crippen LogP contribution is -2.24. The lowest BCUT2D eigenvalue weighted by molar-refractivity contribution is 0.541. The first-order valence-corrected chi connectivity index (χ1v) is 7.46. The third-order valence-corrected chi connectivity index (χ3v) is 3.55. The highest BCUT2D eigenvalue weighted by Gasteiger charge is 2.12. The number of unbranched alkanes of at least 4 members (excludes halogenated alkanes) is 1. The second-order valence-corrected chi connectivity index (χ2v) is 5.27. The van der Waals surface area contributed by atoms with Crippen LogP contribution in [0.2, 0.25) is 0 Å². The molecule has 0 aliphatic rings. The summed E-state index contributed by atoms with van der Waals surface area (Å²) in [6, 6.07) is 8.60. The third-order valence-electron chi connectivity index (χ3n) is 3.55. The fourth-order valence-corrected chi connectivity index (χ4v) is 2.56. The molecule has 0 saturated carbocycles. The number of fused-ring (bicyclic) bond motifs is 1. The van der Waals surface area contributed by atoms with Crippen molar-refractivity contribution in [2.75, 3.05) is 0 Å². The van der Waals surface area contributed by atoms with Crippen molar-refractivity contribution in [2.24, 2.45) is 5.73 Å². The van der Waals surface area contributed by atoms with Crippen molar-refractivity contribution in [3.05, 3.63) is 30.1 Å². The van der Waals surface area contributed by atoms with Gasteiger partial charge in [-0.1, -0.05) is 38.8 Å². The van der Waals surface area contributed by atoms with Gasteiger partial charge in [0.15, 0.2) is 0 Å². The van der Waals surface area contributed by atoms with E-state index < -0.39 is 0 Å². The van der Waals surface area contributed by atoms with Gasteiger partial charge in [-0.15, -0.1) is 0 Å². The predicted molar refractivity (Wildman–Crippen MR) is 81.2 cm³/mol. The zero-order valence-electron chi connectivity index (χ0n) is 12.1. The van der Waals surface area contributed by atoms with Gasteiger partial charge in [0.05, 0.1) is 11.0 Å². The van der Waals surface area contributed by atoms with Crippen LogP contribution in [0.5, 0.6) is 0 Å². The molecular weight excluding hydrogens is 234 g/mol. The van der Waals surface area contributed by atoms with E-state index in [9.17, 15) is 0 Å². The smallest absolute Gasteiger partial charge is 0.111 e. The third kappa shape index (κ3) is 3.35. The number of hydrogen-bond donors (Lipinski definition) is 1. The summed E-state index contributed by atoms with van der Waals surface area (Å²) in [5, 5.41) is 0. The minimum atomic E-state index is 0.229. The lowest BCUT2D eigenvalue weighted by atomic mass is 10.1. The van der Waals surface area contributed by atoms with Crippen LogP contribution in [0.25, 0.3) is 11.0 Å². The Balaban J connectivity index is 2.23. The van der Waals surface area contributed by atoms with Crippen molar-refractivity contribution >= 4 is 11.0 Å². The molecule has 2 N–H and O–H groups in total. The Kier molecular flexibility index (Phi) is 4.97. The SMILES string of the molecule is CCCCC(N)Cc1nc2ccccc2n1CCC. The molecule has 19 heavy (non-hydrogen) atoms. The van der Waals surface area contributed by atoms with Gasteiger partial charge in [-0.05, 0) is 25.0 Å². The molecule has 1 unspecified atom stereocenters. The second-order valence-electron chi connectivity index (χ2n) is 5.27. The van der Waals surface area contributed by atoms with Crippen molar-refractivity contribution in [1.82, 2.24) is 9.55 Å². The maximum absolute atomic E-state index is 6.23. The van der Waals surface area contributed by atoms with Crippen LogP contribution in [0.15, 0.2) is 24.3 Å². The average molecular weight is 259 g/mol. The number of aryl methyl sites for hydroxylation is 1. The van der Waals surface area contributed by atoms with Crippen LogP contribution in [0, 0.1) is 0 Å². The molecule has 0 aliphatic heterocycles. The summed E-state index contributed by atoms with van der Waals surface area (Å²) in [4.78, 5) is 4.76. The first-order chi connectivity index (χ1) is 9.26. The molecule has 2 rings (SSSR count). The molecule has 0 spiro atoms. The summed E-state index contributed by atoms with van der Waals surface area (Å²) in [5.74, 6) is 1.15. The molecule has 104 valence electrons. The van der Waals surface area contributed by atoms with Crippen molar-refractivity contribution in [2.45, 2.75) is 58.5 Å². The summed E-state index contributed by atoms with van der Waals surface area (Å²) in [6.07, 6.45) is 5.51. The fraction of sp³-hybridized carbons (Fsp3) is 0.562. The van der Waals surface area contributed by atoms with Gasteiger partial charge in [-0.2, -0.15) is 0 Å². The Morgan fingerprint density at radius 2 is 2.00 bits per heavy atom. The number of para-hydroxylation sites is 2. The minimum absolute atomic E-state index is 0.229. The van der Waals surface area contributed by atoms with Gasteiger partial charge in [-0.3, -0.25) is 0 Å². The van der Waals surface area contributed by atoms with E-state index in [1.807, 2.05) is 6.07 Å². The Morgan fingerprint density at radius 3 is 2.74 bits per heavy atom. The summed E-state index contributed by atoms with van der Waals surface area (Å²) >= 11 is 0. The van der Waals surface area contributed by atoms with Crippen LogP contribution in [0.1, 0.15) is 45.4 Å². The van der Waals surface area contributed by atoms with Crippen LogP contribution in [0.4, 0.5) is 0 Å². The van der Waals surface area contributed by atoms with Gasteiger partial charge in [-0.25, -0.2) is 4.98 Å². The number of nitrogens with two attached hydrogens (primary N) is 1. The number of benzene rings is 1. The maximum atomic E-state index is 6.23.